The SMILES string of the molecule is CCc1cc2c(cc1-c1c(C)noc1C)ncc1[nH]c(=O)n([C@H](C)c3ccccn3)c12. The van der Waals surface area contributed by atoms with E-state index in [0.717, 1.165) is 56.7 Å². The van der Waals surface area contributed by atoms with Gasteiger partial charge in [0.05, 0.1) is 40.2 Å². The van der Waals surface area contributed by atoms with Gasteiger partial charge in [0.15, 0.2) is 0 Å². The monoisotopic (exact) mass is 413 g/mol. The van der Waals surface area contributed by atoms with Crippen LogP contribution in [0, 0.1) is 13.8 Å². The molecule has 5 aromatic rings. The highest BCUT2D eigenvalue weighted by atomic mass is 16.5. The largest absolute Gasteiger partial charge is 0.361 e. The number of aromatic amines is 1. The van der Waals surface area contributed by atoms with E-state index in [1.807, 2.05) is 39.0 Å². The predicted molar refractivity (Wildman–Crippen MR) is 120 cm³/mol. The number of fused-ring (bicyclic) bond motifs is 3. The molecule has 0 bridgehead atoms. The second-order valence-corrected chi connectivity index (χ2v) is 7.83. The van der Waals surface area contributed by atoms with Crippen LogP contribution >= 0.6 is 0 Å². The molecular weight excluding hydrogens is 390 g/mol. The zero-order valence-electron chi connectivity index (χ0n) is 17.9. The van der Waals surface area contributed by atoms with E-state index >= 15 is 0 Å². The molecule has 1 atom stereocenters. The quantitative estimate of drug-likeness (QED) is 0.461. The average molecular weight is 413 g/mol. The highest BCUT2D eigenvalue weighted by Crippen LogP contribution is 2.35. The zero-order chi connectivity index (χ0) is 21.7. The summed E-state index contributed by atoms with van der Waals surface area (Å²) in [6, 6.07) is 9.74. The highest BCUT2D eigenvalue weighted by molar-refractivity contribution is 6.04. The Morgan fingerprint density at radius 2 is 2.03 bits per heavy atom. The molecule has 31 heavy (non-hydrogen) atoms. The molecule has 0 unspecified atom stereocenters. The number of pyridine rings is 2. The lowest BCUT2D eigenvalue weighted by atomic mass is 9.94. The first-order valence-electron chi connectivity index (χ1n) is 10.4. The van der Waals surface area contributed by atoms with E-state index in [1.165, 1.54) is 0 Å². The van der Waals surface area contributed by atoms with E-state index in [2.05, 4.69) is 39.2 Å². The maximum Gasteiger partial charge on any atom is 0.327 e. The molecule has 7 nitrogen and oxygen atoms in total. The van der Waals surface area contributed by atoms with Crippen LogP contribution in [0.2, 0.25) is 0 Å². The second-order valence-electron chi connectivity index (χ2n) is 7.83. The van der Waals surface area contributed by atoms with Gasteiger partial charge in [0.2, 0.25) is 0 Å². The number of H-pyrrole nitrogens is 1. The number of hydrogen-bond donors (Lipinski definition) is 1. The summed E-state index contributed by atoms with van der Waals surface area (Å²) in [5, 5.41) is 5.06. The molecule has 0 radical (unpaired) electrons. The van der Waals surface area contributed by atoms with Gasteiger partial charge in [-0.15, -0.1) is 0 Å². The Morgan fingerprint density at radius 1 is 1.19 bits per heavy atom. The number of nitrogens with zero attached hydrogens (tertiary/aromatic N) is 4. The summed E-state index contributed by atoms with van der Waals surface area (Å²) in [5.74, 6) is 0.787. The Kier molecular flexibility index (Phi) is 4.46. The average Bonchev–Trinajstić information content (AvgIpc) is 3.30. The molecule has 0 aliphatic rings. The van der Waals surface area contributed by atoms with Crippen LogP contribution in [0.25, 0.3) is 33.1 Å². The second kappa shape index (κ2) is 7.19. The van der Waals surface area contributed by atoms with Crippen LogP contribution in [0.4, 0.5) is 0 Å². The van der Waals surface area contributed by atoms with Crippen molar-refractivity contribution >= 4 is 21.9 Å². The number of aryl methyl sites for hydroxylation is 3. The molecule has 4 aromatic heterocycles. The Labute approximate surface area is 178 Å². The van der Waals surface area contributed by atoms with Crippen LogP contribution in [-0.4, -0.2) is 24.7 Å². The van der Waals surface area contributed by atoms with Crippen LogP contribution in [0.1, 0.15) is 42.6 Å². The molecule has 156 valence electrons. The van der Waals surface area contributed by atoms with Crippen LogP contribution in [0.15, 0.2) is 52.0 Å². The lowest BCUT2D eigenvalue weighted by Crippen LogP contribution is -2.21. The molecule has 0 aliphatic heterocycles. The van der Waals surface area contributed by atoms with E-state index in [4.69, 9.17) is 4.52 Å². The van der Waals surface area contributed by atoms with Crippen molar-refractivity contribution in [3.63, 3.8) is 0 Å². The Bertz CT molecular complexity index is 1460. The van der Waals surface area contributed by atoms with Crippen molar-refractivity contribution < 1.29 is 4.52 Å². The van der Waals surface area contributed by atoms with Gasteiger partial charge in [0, 0.05) is 17.1 Å². The fraction of sp³-hybridized carbons (Fsp3) is 0.250. The molecule has 0 saturated carbocycles. The topological polar surface area (TPSA) is 89.6 Å². The summed E-state index contributed by atoms with van der Waals surface area (Å²) in [6.07, 6.45) is 4.30. The third-order valence-electron chi connectivity index (χ3n) is 5.95. The van der Waals surface area contributed by atoms with Crippen molar-refractivity contribution in [3.8, 4) is 11.1 Å². The van der Waals surface area contributed by atoms with E-state index in [-0.39, 0.29) is 11.7 Å². The predicted octanol–water partition coefficient (Wildman–Crippen LogP) is 4.72. The third kappa shape index (κ3) is 2.96. The minimum Gasteiger partial charge on any atom is -0.361 e. The molecule has 0 aliphatic carbocycles. The molecule has 0 amide bonds. The normalized spacial score (nSPS) is 12.6. The van der Waals surface area contributed by atoms with Crippen molar-refractivity contribution in [3.05, 3.63) is 75.9 Å². The van der Waals surface area contributed by atoms with Gasteiger partial charge in [-0.2, -0.15) is 0 Å². The number of benzene rings is 1. The number of imidazole rings is 1. The maximum absolute atomic E-state index is 12.9. The summed E-state index contributed by atoms with van der Waals surface area (Å²) in [5.41, 5.74) is 7.13. The van der Waals surface area contributed by atoms with Gasteiger partial charge < -0.3 is 9.51 Å². The summed E-state index contributed by atoms with van der Waals surface area (Å²) < 4.78 is 7.18. The van der Waals surface area contributed by atoms with Crippen molar-refractivity contribution in [2.24, 2.45) is 0 Å². The van der Waals surface area contributed by atoms with Gasteiger partial charge in [-0.3, -0.25) is 14.5 Å². The fourth-order valence-electron chi connectivity index (χ4n) is 4.42. The minimum absolute atomic E-state index is 0.171. The smallest absolute Gasteiger partial charge is 0.327 e. The summed E-state index contributed by atoms with van der Waals surface area (Å²) in [7, 11) is 0. The third-order valence-corrected chi connectivity index (χ3v) is 5.95. The van der Waals surface area contributed by atoms with Crippen molar-refractivity contribution in [1.82, 2.24) is 24.7 Å². The van der Waals surface area contributed by atoms with Crippen LogP contribution < -0.4 is 5.69 Å². The molecule has 0 spiro atoms. The van der Waals surface area contributed by atoms with Crippen LogP contribution in [0.5, 0.6) is 0 Å². The van der Waals surface area contributed by atoms with Gasteiger partial charge in [-0.25, -0.2) is 4.79 Å². The molecule has 0 fully saturated rings. The van der Waals surface area contributed by atoms with E-state index in [0.29, 0.717) is 5.52 Å². The first-order valence-corrected chi connectivity index (χ1v) is 10.4. The van der Waals surface area contributed by atoms with Gasteiger partial charge in [-0.05, 0) is 62.6 Å². The molecule has 0 saturated heterocycles. The molecule has 1 aromatic carbocycles. The van der Waals surface area contributed by atoms with Gasteiger partial charge in [0.1, 0.15) is 5.76 Å². The zero-order valence-corrected chi connectivity index (χ0v) is 17.9. The molecule has 5 rings (SSSR count). The number of aromatic nitrogens is 5. The lowest BCUT2D eigenvalue weighted by molar-refractivity contribution is 0.393. The van der Waals surface area contributed by atoms with Crippen LogP contribution in [-0.2, 0) is 6.42 Å². The van der Waals surface area contributed by atoms with Gasteiger partial charge in [0.25, 0.3) is 0 Å². The number of nitrogens with one attached hydrogen (secondary N) is 1. The standard InChI is InChI=1S/C24H23N5O2/c1-5-16-10-18-20(11-17(16)22-13(2)28-31-15(22)4)26-12-21-23(18)29(24(30)27-21)14(3)19-8-6-7-9-25-19/h6-12,14H,5H2,1-4H3,(H,27,30)/t14-/m1/s1. The van der Waals surface area contributed by atoms with E-state index in [1.54, 1.807) is 17.0 Å². The van der Waals surface area contributed by atoms with Crippen molar-refractivity contribution in [1.29, 1.82) is 0 Å². The molecule has 4 heterocycles. The maximum atomic E-state index is 12.9. The van der Waals surface area contributed by atoms with E-state index in [9.17, 15) is 4.79 Å². The van der Waals surface area contributed by atoms with Crippen molar-refractivity contribution in [2.75, 3.05) is 0 Å². The first-order chi connectivity index (χ1) is 15.0. The molecule has 1 N–H and O–H groups in total. The minimum atomic E-state index is -0.222. The Morgan fingerprint density at radius 3 is 2.71 bits per heavy atom. The molecule has 7 heteroatoms. The lowest BCUT2D eigenvalue weighted by Gasteiger charge is -2.15. The molecular formula is C24H23N5O2. The van der Waals surface area contributed by atoms with Crippen LogP contribution in [0.3, 0.4) is 0 Å². The van der Waals surface area contributed by atoms with E-state index < -0.39 is 0 Å². The Balaban J connectivity index is 1.82. The Hall–Kier alpha value is -3.74. The summed E-state index contributed by atoms with van der Waals surface area (Å²) >= 11 is 0. The highest BCUT2D eigenvalue weighted by Gasteiger charge is 2.21. The van der Waals surface area contributed by atoms with Gasteiger partial charge >= 0.3 is 5.69 Å². The fourth-order valence-corrected chi connectivity index (χ4v) is 4.42. The first kappa shape index (κ1) is 19.2. The number of hydrogen-bond acceptors (Lipinski definition) is 5. The number of rotatable bonds is 4. The van der Waals surface area contributed by atoms with Crippen molar-refractivity contribution in [2.45, 2.75) is 40.2 Å². The summed E-state index contributed by atoms with van der Waals surface area (Å²) in [6.45, 7) is 7.98. The summed E-state index contributed by atoms with van der Waals surface area (Å²) in [4.78, 5) is 25.0. The van der Waals surface area contributed by atoms with Gasteiger partial charge in [-0.1, -0.05) is 18.1 Å².